The first-order valence-corrected chi connectivity index (χ1v) is 5.65. The van der Waals surface area contributed by atoms with Crippen LogP contribution in [0.3, 0.4) is 0 Å². The predicted molar refractivity (Wildman–Crippen MR) is 59.1 cm³/mol. The van der Waals surface area contributed by atoms with Gasteiger partial charge in [0.1, 0.15) is 0 Å². The quantitative estimate of drug-likeness (QED) is 0.819. The molecule has 1 heterocycles. The van der Waals surface area contributed by atoms with Crippen molar-refractivity contribution >= 4 is 28.2 Å². The van der Waals surface area contributed by atoms with Gasteiger partial charge in [0.2, 0.25) is 5.91 Å². The van der Waals surface area contributed by atoms with Crippen molar-refractivity contribution in [3.8, 4) is 0 Å². The van der Waals surface area contributed by atoms with Gasteiger partial charge >= 0.3 is 0 Å². The number of hydrogen-bond acceptors (Lipinski definition) is 3. The summed E-state index contributed by atoms with van der Waals surface area (Å²) < 4.78 is 0. The minimum Gasteiger partial charge on any atom is -0.349 e. The highest BCUT2D eigenvalue weighted by atomic mass is 32.1. The lowest BCUT2D eigenvalue weighted by Crippen LogP contribution is -2.24. The summed E-state index contributed by atoms with van der Waals surface area (Å²) in [7, 11) is 0. The van der Waals surface area contributed by atoms with Gasteiger partial charge < -0.3 is 10.6 Å². The molecule has 1 fully saturated rings. The maximum atomic E-state index is 11.6. The molecule has 2 N–H and O–H groups in total. The number of rotatable bonds is 3. The van der Waals surface area contributed by atoms with Crippen LogP contribution < -0.4 is 10.6 Å². The van der Waals surface area contributed by atoms with E-state index >= 15 is 0 Å². The highest BCUT2D eigenvalue weighted by Gasteiger charge is 2.24. The third-order valence-corrected chi connectivity index (χ3v) is 3.04. The molecule has 0 unspecified atom stereocenters. The van der Waals surface area contributed by atoms with Crippen molar-refractivity contribution in [3.63, 3.8) is 0 Å². The van der Waals surface area contributed by atoms with Gasteiger partial charge in [0, 0.05) is 13.0 Å². The molecule has 0 saturated heterocycles. The number of thiophene rings is 1. The first-order chi connectivity index (χ1) is 7.15. The van der Waals surface area contributed by atoms with Gasteiger partial charge in [-0.2, -0.15) is 0 Å². The van der Waals surface area contributed by atoms with Gasteiger partial charge in [-0.15, -0.1) is 11.3 Å². The van der Waals surface area contributed by atoms with Crippen LogP contribution in [-0.2, 0) is 4.79 Å². The second-order valence-corrected chi connectivity index (χ2v) is 4.68. The number of carbonyl (C=O) groups excluding carboxylic acids is 2. The summed E-state index contributed by atoms with van der Waals surface area (Å²) >= 11 is 1.30. The SMILES string of the molecule is CC(=O)Nc1ccc(C(=O)NC2CC2)s1. The average Bonchev–Trinajstić information content (AvgIpc) is 2.83. The van der Waals surface area contributed by atoms with Crippen molar-refractivity contribution in [1.82, 2.24) is 5.32 Å². The molecular weight excluding hydrogens is 212 g/mol. The van der Waals surface area contributed by atoms with E-state index in [0.717, 1.165) is 12.8 Å². The van der Waals surface area contributed by atoms with Crippen LogP contribution >= 0.6 is 11.3 Å². The molecule has 2 rings (SSSR count). The molecule has 0 atom stereocenters. The number of anilines is 1. The highest BCUT2D eigenvalue weighted by Crippen LogP contribution is 2.24. The van der Waals surface area contributed by atoms with Crippen molar-refractivity contribution in [2.45, 2.75) is 25.8 Å². The summed E-state index contributed by atoms with van der Waals surface area (Å²) in [6.07, 6.45) is 2.16. The van der Waals surface area contributed by atoms with Crippen LogP contribution in [0.25, 0.3) is 0 Å². The summed E-state index contributed by atoms with van der Waals surface area (Å²) in [6.45, 7) is 1.45. The Balaban J connectivity index is 1.98. The first-order valence-electron chi connectivity index (χ1n) is 4.83. The molecule has 0 radical (unpaired) electrons. The normalized spacial score (nSPS) is 14.7. The van der Waals surface area contributed by atoms with Gasteiger partial charge in [-0.05, 0) is 25.0 Å². The van der Waals surface area contributed by atoms with E-state index in [9.17, 15) is 9.59 Å². The van der Waals surface area contributed by atoms with Crippen molar-refractivity contribution in [2.75, 3.05) is 5.32 Å². The fraction of sp³-hybridized carbons (Fsp3) is 0.400. The molecule has 1 aromatic rings. The van der Waals surface area contributed by atoms with Gasteiger partial charge in [0.05, 0.1) is 9.88 Å². The third kappa shape index (κ3) is 2.79. The Morgan fingerprint density at radius 1 is 1.40 bits per heavy atom. The van der Waals surface area contributed by atoms with Gasteiger partial charge in [0.25, 0.3) is 5.91 Å². The number of hydrogen-bond donors (Lipinski definition) is 2. The minimum absolute atomic E-state index is 0.0425. The summed E-state index contributed by atoms with van der Waals surface area (Å²) in [5.74, 6) is -0.162. The van der Waals surface area contributed by atoms with Crippen LogP contribution in [0.2, 0.25) is 0 Å². The zero-order valence-corrected chi connectivity index (χ0v) is 9.19. The van der Waals surface area contributed by atoms with E-state index < -0.39 is 0 Å². The lowest BCUT2D eigenvalue weighted by molar-refractivity contribution is -0.114. The zero-order valence-electron chi connectivity index (χ0n) is 8.37. The summed E-state index contributed by atoms with van der Waals surface area (Å²) in [5.41, 5.74) is 0. The third-order valence-electron chi connectivity index (χ3n) is 2.04. The van der Waals surface area contributed by atoms with Crippen molar-refractivity contribution in [3.05, 3.63) is 17.0 Å². The van der Waals surface area contributed by atoms with E-state index in [1.54, 1.807) is 12.1 Å². The molecule has 1 aliphatic carbocycles. The lowest BCUT2D eigenvalue weighted by atomic mass is 10.4. The van der Waals surface area contributed by atoms with E-state index in [2.05, 4.69) is 10.6 Å². The van der Waals surface area contributed by atoms with Crippen molar-refractivity contribution < 1.29 is 9.59 Å². The minimum atomic E-state index is -0.119. The molecule has 1 aliphatic rings. The second kappa shape index (κ2) is 4.02. The molecule has 5 heteroatoms. The summed E-state index contributed by atoms with van der Waals surface area (Å²) in [4.78, 5) is 23.0. The maximum absolute atomic E-state index is 11.6. The van der Waals surface area contributed by atoms with E-state index in [1.807, 2.05) is 0 Å². The van der Waals surface area contributed by atoms with Crippen LogP contribution in [-0.4, -0.2) is 17.9 Å². The molecule has 1 aromatic heterocycles. The molecule has 2 amide bonds. The molecular formula is C10H12N2O2S. The summed E-state index contributed by atoms with van der Waals surface area (Å²) in [6, 6.07) is 3.84. The largest absolute Gasteiger partial charge is 0.349 e. The van der Waals surface area contributed by atoms with Crippen LogP contribution in [0, 0.1) is 0 Å². The Hall–Kier alpha value is -1.36. The fourth-order valence-electron chi connectivity index (χ4n) is 1.18. The zero-order chi connectivity index (χ0) is 10.8. The number of amides is 2. The maximum Gasteiger partial charge on any atom is 0.261 e. The molecule has 0 bridgehead atoms. The van der Waals surface area contributed by atoms with E-state index in [-0.39, 0.29) is 11.8 Å². The Labute approximate surface area is 91.7 Å². The van der Waals surface area contributed by atoms with Gasteiger partial charge in [-0.25, -0.2) is 0 Å². The smallest absolute Gasteiger partial charge is 0.261 e. The van der Waals surface area contributed by atoms with Gasteiger partial charge in [0.15, 0.2) is 0 Å². The molecule has 1 saturated carbocycles. The Kier molecular flexibility index (Phi) is 2.73. The Morgan fingerprint density at radius 3 is 2.73 bits per heavy atom. The predicted octanol–water partition coefficient (Wildman–Crippen LogP) is 1.60. The lowest BCUT2D eigenvalue weighted by Gasteiger charge is -1.99. The van der Waals surface area contributed by atoms with E-state index in [4.69, 9.17) is 0 Å². The summed E-state index contributed by atoms with van der Waals surface area (Å²) in [5, 5.41) is 6.26. The number of nitrogens with one attached hydrogen (secondary N) is 2. The average molecular weight is 224 g/mol. The van der Waals surface area contributed by atoms with Crippen molar-refractivity contribution in [2.24, 2.45) is 0 Å². The fourth-order valence-corrected chi connectivity index (χ4v) is 2.04. The second-order valence-electron chi connectivity index (χ2n) is 3.59. The van der Waals surface area contributed by atoms with Gasteiger partial charge in [-0.3, -0.25) is 9.59 Å². The molecule has 4 nitrogen and oxygen atoms in total. The molecule has 0 aliphatic heterocycles. The van der Waals surface area contributed by atoms with Crippen LogP contribution in [0.1, 0.15) is 29.4 Å². The molecule has 0 spiro atoms. The van der Waals surface area contributed by atoms with E-state index in [1.165, 1.54) is 18.3 Å². The van der Waals surface area contributed by atoms with Crippen molar-refractivity contribution in [1.29, 1.82) is 0 Å². The van der Waals surface area contributed by atoms with Gasteiger partial charge in [-0.1, -0.05) is 0 Å². The highest BCUT2D eigenvalue weighted by molar-refractivity contribution is 7.18. The van der Waals surface area contributed by atoms with Crippen LogP contribution in [0.5, 0.6) is 0 Å². The molecule has 80 valence electrons. The molecule has 15 heavy (non-hydrogen) atoms. The van der Waals surface area contributed by atoms with Crippen LogP contribution in [0.15, 0.2) is 12.1 Å². The Bertz CT molecular complexity index is 396. The topological polar surface area (TPSA) is 58.2 Å². The molecule has 0 aromatic carbocycles. The Morgan fingerprint density at radius 2 is 2.13 bits per heavy atom. The van der Waals surface area contributed by atoms with E-state index in [0.29, 0.717) is 15.9 Å². The monoisotopic (exact) mass is 224 g/mol. The van der Waals surface area contributed by atoms with Crippen LogP contribution in [0.4, 0.5) is 5.00 Å². The number of carbonyl (C=O) groups is 2. The first kappa shape index (κ1) is 10.2. The standard InChI is InChI=1S/C10H12N2O2S/c1-6(13)11-9-5-4-8(15-9)10(14)12-7-2-3-7/h4-5,7H,2-3H2,1H3,(H,11,13)(H,12,14).